The van der Waals surface area contributed by atoms with Crippen molar-refractivity contribution in [2.24, 2.45) is 29.1 Å². The highest BCUT2D eigenvalue weighted by Crippen LogP contribution is 2.72. The molecular formula is C25H32BrN3O4. The molecule has 8 heteroatoms. The smallest absolute Gasteiger partial charge is 0.407 e. The van der Waals surface area contributed by atoms with Crippen molar-refractivity contribution >= 4 is 39.5 Å². The molecule has 0 heterocycles. The molecule has 3 N–H and O–H groups in total. The first-order valence-corrected chi connectivity index (χ1v) is 12.4. The molecule has 178 valence electrons. The van der Waals surface area contributed by atoms with Gasteiger partial charge in [0, 0.05) is 23.2 Å². The standard InChI is InChI=1S/C25H32BrN3O4/c1-24(2,3)33-23(32)28-14-4-13-27-21(30)19-17-9-10-18(25(17)11-12-25)20(19)22(31)29-16-7-5-15(26)6-8-16/h5-10,17-20H,4,11-14H2,1-3H3,(H,27,30)(H,28,32)(H,29,31)/t17-,18+,19-,20-/m1/s1. The molecule has 3 aliphatic rings. The van der Waals surface area contributed by atoms with E-state index in [1.165, 1.54) is 0 Å². The minimum atomic E-state index is -0.543. The third-order valence-electron chi connectivity index (χ3n) is 6.88. The van der Waals surface area contributed by atoms with Crippen LogP contribution in [0.1, 0.15) is 40.0 Å². The predicted octanol–water partition coefficient (Wildman–Crippen LogP) is 4.25. The number of anilines is 1. The van der Waals surface area contributed by atoms with E-state index in [2.05, 4.69) is 44.0 Å². The zero-order valence-corrected chi connectivity index (χ0v) is 20.9. The first-order valence-electron chi connectivity index (χ1n) is 11.6. The number of rotatable bonds is 7. The number of ether oxygens (including phenoxy) is 1. The van der Waals surface area contributed by atoms with Gasteiger partial charge in [-0.05, 0) is 81.5 Å². The Bertz CT molecular complexity index is 949. The molecule has 4 rings (SSSR count). The molecule has 0 unspecified atom stereocenters. The van der Waals surface area contributed by atoms with Gasteiger partial charge >= 0.3 is 6.09 Å². The Morgan fingerprint density at radius 2 is 1.55 bits per heavy atom. The van der Waals surface area contributed by atoms with Crippen LogP contribution in [0, 0.1) is 29.1 Å². The summed E-state index contributed by atoms with van der Waals surface area (Å²) in [6, 6.07) is 7.47. The highest BCUT2D eigenvalue weighted by atomic mass is 79.9. The fourth-order valence-electron chi connectivity index (χ4n) is 5.39. The summed E-state index contributed by atoms with van der Waals surface area (Å²) in [6.45, 7) is 6.27. The molecule has 4 atom stereocenters. The average molecular weight is 518 g/mol. The van der Waals surface area contributed by atoms with Crippen molar-refractivity contribution in [1.29, 1.82) is 0 Å². The minimum absolute atomic E-state index is 0.0775. The molecule has 1 spiro atoms. The first-order chi connectivity index (χ1) is 15.6. The number of carbonyl (C=O) groups excluding carboxylic acids is 3. The summed E-state index contributed by atoms with van der Waals surface area (Å²) in [5.74, 6) is -0.674. The van der Waals surface area contributed by atoms with E-state index >= 15 is 0 Å². The first kappa shape index (κ1) is 23.8. The SMILES string of the molecule is CC(C)(C)OC(=O)NCCCNC(=O)[C@H]1[C@H](C(=O)Nc2ccc(Br)cc2)[C@@H]2C=C[C@H]1C21CC1. The number of halogens is 1. The lowest BCUT2D eigenvalue weighted by Gasteiger charge is -2.26. The van der Waals surface area contributed by atoms with E-state index in [0.717, 1.165) is 23.0 Å². The average Bonchev–Trinajstić information content (AvgIpc) is 3.40. The van der Waals surface area contributed by atoms with Gasteiger partial charge in [0.1, 0.15) is 5.60 Å². The Kier molecular flexibility index (Phi) is 6.58. The zero-order valence-electron chi connectivity index (χ0n) is 19.3. The number of allylic oxidation sites excluding steroid dienone is 2. The molecule has 33 heavy (non-hydrogen) atoms. The highest BCUT2D eigenvalue weighted by molar-refractivity contribution is 9.10. The largest absolute Gasteiger partial charge is 0.444 e. The third kappa shape index (κ3) is 5.10. The zero-order chi connectivity index (χ0) is 23.8. The van der Waals surface area contributed by atoms with Gasteiger partial charge in [-0.2, -0.15) is 0 Å². The Labute approximate surface area is 203 Å². The van der Waals surface area contributed by atoms with Crippen molar-refractivity contribution in [3.8, 4) is 0 Å². The van der Waals surface area contributed by atoms with E-state index in [1.807, 2.05) is 45.0 Å². The van der Waals surface area contributed by atoms with Crippen LogP contribution >= 0.6 is 15.9 Å². The second-order valence-electron chi connectivity index (χ2n) is 10.3. The van der Waals surface area contributed by atoms with Crippen molar-refractivity contribution in [2.45, 2.75) is 45.6 Å². The van der Waals surface area contributed by atoms with Crippen LogP contribution < -0.4 is 16.0 Å². The number of amides is 3. The van der Waals surface area contributed by atoms with Crippen molar-refractivity contribution in [1.82, 2.24) is 10.6 Å². The molecule has 1 aromatic rings. The number of hydrogen-bond acceptors (Lipinski definition) is 4. The second-order valence-corrected chi connectivity index (χ2v) is 11.2. The summed E-state index contributed by atoms with van der Waals surface area (Å²) >= 11 is 3.41. The molecule has 1 aromatic carbocycles. The number of benzene rings is 1. The predicted molar refractivity (Wildman–Crippen MR) is 129 cm³/mol. The Balaban J connectivity index is 1.33. The van der Waals surface area contributed by atoms with E-state index in [4.69, 9.17) is 4.74 Å². The van der Waals surface area contributed by atoms with Crippen LogP contribution in [0.5, 0.6) is 0 Å². The van der Waals surface area contributed by atoms with Crippen LogP contribution in [-0.2, 0) is 14.3 Å². The van der Waals surface area contributed by atoms with Gasteiger partial charge in [-0.1, -0.05) is 28.1 Å². The Morgan fingerprint density at radius 3 is 2.12 bits per heavy atom. The number of nitrogens with one attached hydrogen (secondary N) is 3. The summed E-state index contributed by atoms with van der Waals surface area (Å²) in [7, 11) is 0. The van der Waals surface area contributed by atoms with Gasteiger partial charge in [0.2, 0.25) is 11.8 Å². The van der Waals surface area contributed by atoms with Crippen LogP contribution in [0.4, 0.5) is 10.5 Å². The van der Waals surface area contributed by atoms with Gasteiger partial charge in [0.15, 0.2) is 0 Å². The van der Waals surface area contributed by atoms with Gasteiger partial charge in [0.25, 0.3) is 0 Å². The lowest BCUT2D eigenvalue weighted by molar-refractivity contribution is -0.132. The second kappa shape index (κ2) is 9.12. The number of hydrogen-bond donors (Lipinski definition) is 3. The monoisotopic (exact) mass is 517 g/mol. The Morgan fingerprint density at radius 1 is 0.970 bits per heavy atom. The lowest BCUT2D eigenvalue weighted by Crippen LogP contribution is -2.42. The van der Waals surface area contributed by atoms with Gasteiger partial charge in [-0.15, -0.1) is 0 Å². The summed E-state index contributed by atoms with van der Waals surface area (Å²) < 4.78 is 6.16. The van der Waals surface area contributed by atoms with E-state index in [9.17, 15) is 14.4 Å². The molecule has 0 aromatic heterocycles. The third-order valence-corrected chi connectivity index (χ3v) is 7.41. The maximum atomic E-state index is 13.3. The molecule has 7 nitrogen and oxygen atoms in total. The fourth-order valence-corrected chi connectivity index (χ4v) is 5.66. The topological polar surface area (TPSA) is 96.5 Å². The molecule has 3 aliphatic carbocycles. The van der Waals surface area contributed by atoms with Gasteiger partial charge in [0.05, 0.1) is 11.8 Å². The molecule has 0 aliphatic heterocycles. The molecular weight excluding hydrogens is 486 g/mol. The van der Waals surface area contributed by atoms with Gasteiger partial charge < -0.3 is 20.7 Å². The molecule has 2 saturated carbocycles. The van der Waals surface area contributed by atoms with Crippen molar-refractivity contribution < 1.29 is 19.1 Å². The van der Waals surface area contributed by atoms with E-state index in [-0.39, 0.29) is 40.9 Å². The van der Waals surface area contributed by atoms with Crippen molar-refractivity contribution in [3.05, 3.63) is 40.9 Å². The summed E-state index contributed by atoms with van der Waals surface area (Å²) in [5, 5.41) is 8.72. The van der Waals surface area contributed by atoms with Crippen molar-refractivity contribution in [2.75, 3.05) is 18.4 Å². The molecule has 0 saturated heterocycles. The summed E-state index contributed by atoms with van der Waals surface area (Å²) in [5.41, 5.74) is 0.271. The normalized spacial score (nSPS) is 26.2. The summed E-state index contributed by atoms with van der Waals surface area (Å²) in [6.07, 6.45) is 6.56. The maximum Gasteiger partial charge on any atom is 0.407 e. The molecule has 2 bridgehead atoms. The molecule has 3 amide bonds. The maximum absolute atomic E-state index is 13.3. The van der Waals surface area contributed by atoms with Crippen LogP contribution in [0.2, 0.25) is 0 Å². The van der Waals surface area contributed by atoms with E-state index in [0.29, 0.717) is 19.5 Å². The minimum Gasteiger partial charge on any atom is -0.444 e. The quantitative estimate of drug-likeness (QED) is 0.372. The number of carbonyl (C=O) groups is 3. The van der Waals surface area contributed by atoms with Gasteiger partial charge in [-0.25, -0.2) is 4.79 Å². The van der Waals surface area contributed by atoms with Crippen LogP contribution in [0.15, 0.2) is 40.9 Å². The summed E-state index contributed by atoms with van der Waals surface area (Å²) in [4.78, 5) is 38.2. The highest BCUT2D eigenvalue weighted by Gasteiger charge is 2.69. The van der Waals surface area contributed by atoms with Crippen LogP contribution in [-0.4, -0.2) is 36.6 Å². The fraction of sp³-hybridized carbons (Fsp3) is 0.560. The van der Waals surface area contributed by atoms with E-state index in [1.54, 1.807) is 0 Å². The Hall–Kier alpha value is -2.35. The van der Waals surface area contributed by atoms with E-state index < -0.39 is 11.7 Å². The molecule has 2 fully saturated rings. The molecule has 0 radical (unpaired) electrons. The number of alkyl carbamates (subject to hydrolysis) is 1. The van der Waals surface area contributed by atoms with Gasteiger partial charge in [-0.3, -0.25) is 9.59 Å². The van der Waals surface area contributed by atoms with Crippen LogP contribution in [0.3, 0.4) is 0 Å². The van der Waals surface area contributed by atoms with Crippen molar-refractivity contribution in [3.63, 3.8) is 0 Å². The lowest BCUT2D eigenvalue weighted by atomic mass is 9.81. The van der Waals surface area contributed by atoms with Crippen LogP contribution in [0.25, 0.3) is 0 Å².